The quantitative estimate of drug-likeness (QED) is 0.603. The highest BCUT2D eigenvalue weighted by atomic mass is 16.2. The molecule has 0 aromatic heterocycles. The maximum Gasteiger partial charge on any atom is 0.0433 e. The van der Waals surface area contributed by atoms with Gasteiger partial charge in [-0.15, -0.1) is 0 Å². The molecule has 1 heteroatoms. The number of hydrogen-bond acceptors (Lipinski definition) is 1. The third-order valence-corrected chi connectivity index (χ3v) is 1.56. The summed E-state index contributed by atoms with van der Waals surface area (Å²) >= 11 is 0. The van der Waals surface area contributed by atoms with Crippen LogP contribution in [0.25, 0.3) is 0 Å². The molecule has 1 N–H and O–H groups in total. The SMILES string of the molecule is C=C(C)C=CC[C@H](C)CCO. The highest BCUT2D eigenvalue weighted by Crippen LogP contribution is 2.07. The Balaban J connectivity index is 3.44. The minimum atomic E-state index is 0.294. The first-order valence-electron chi connectivity index (χ1n) is 4.09. The van der Waals surface area contributed by atoms with E-state index in [1.54, 1.807) is 0 Å². The van der Waals surface area contributed by atoms with Crippen molar-refractivity contribution in [2.24, 2.45) is 5.92 Å². The minimum absolute atomic E-state index is 0.294. The fourth-order valence-corrected chi connectivity index (χ4v) is 0.840. The van der Waals surface area contributed by atoms with Gasteiger partial charge >= 0.3 is 0 Å². The standard InChI is InChI=1S/C10H18O/c1-9(2)5-4-6-10(3)7-8-11/h4-5,10-11H,1,6-8H2,2-3H3/t10-/m0/s1. The second kappa shape index (κ2) is 6.17. The maximum atomic E-state index is 8.60. The van der Waals surface area contributed by atoms with E-state index in [9.17, 15) is 0 Å². The van der Waals surface area contributed by atoms with E-state index in [2.05, 4.69) is 19.6 Å². The predicted molar refractivity (Wildman–Crippen MR) is 49.4 cm³/mol. The Labute approximate surface area is 69.4 Å². The van der Waals surface area contributed by atoms with Crippen LogP contribution in [0.3, 0.4) is 0 Å². The summed E-state index contributed by atoms with van der Waals surface area (Å²) < 4.78 is 0. The Bertz CT molecular complexity index is 136. The molecule has 0 heterocycles. The van der Waals surface area contributed by atoms with Crippen molar-refractivity contribution in [2.75, 3.05) is 6.61 Å². The van der Waals surface area contributed by atoms with Gasteiger partial charge < -0.3 is 5.11 Å². The third kappa shape index (κ3) is 7.34. The lowest BCUT2D eigenvalue weighted by molar-refractivity contribution is 0.263. The van der Waals surface area contributed by atoms with E-state index in [4.69, 9.17) is 5.11 Å². The lowest BCUT2D eigenvalue weighted by Crippen LogP contribution is -1.95. The Kier molecular flexibility index (Phi) is 5.86. The second-order valence-electron chi connectivity index (χ2n) is 3.10. The summed E-state index contributed by atoms with van der Waals surface area (Å²) in [4.78, 5) is 0. The van der Waals surface area contributed by atoms with E-state index in [0.29, 0.717) is 12.5 Å². The molecule has 11 heavy (non-hydrogen) atoms. The van der Waals surface area contributed by atoms with Crippen LogP contribution < -0.4 is 0 Å². The van der Waals surface area contributed by atoms with Crippen molar-refractivity contribution >= 4 is 0 Å². The van der Waals surface area contributed by atoms with E-state index < -0.39 is 0 Å². The zero-order valence-corrected chi connectivity index (χ0v) is 7.51. The van der Waals surface area contributed by atoms with Gasteiger partial charge in [0.2, 0.25) is 0 Å². The van der Waals surface area contributed by atoms with Gasteiger partial charge in [0.25, 0.3) is 0 Å². The van der Waals surface area contributed by atoms with Gasteiger partial charge in [-0.05, 0) is 25.7 Å². The molecule has 0 aromatic carbocycles. The molecule has 1 nitrogen and oxygen atoms in total. The molecule has 0 fully saturated rings. The smallest absolute Gasteiger partial charge is 0.0433 e. The van der Waals surface area contributed by atoms with Gasteiger partial charge in [0.15, 0.2) is 0 Å². The second-order valence-corrected chi connectivity index (χ2v) is 3.10. The van der Waals surface area contributed by atoms with Gasteiger partial charge in [-0.1, -0.05) is 31.2 Å². The largest absolute Gasteiger partial charge is 0.396 e. The Morgan fingerprint density at radius 1 is 1.64 bits per heavy atom. The average molecular weight is 154 g/mol. The molecular weight excluding hydrogens is 136 g/mol. The molecule has 0 aliphatic rings. The minimum Gasteiger partial charge on any atom is -0.396 e. The molecule has 0 saturated carbocycles. The summed E-state index contributed by atoms with van der Waals surface area (Å²) in [5, 5.41) is 8.60. The van der Waals surface area contributed by atoms with E-state index in [0.717, 1.165) is 18.4 Å². The van der Waals surface area contributed by atoms with Crippen LogP contribution in [0, 0.1) is 5.92 Å². The van der Waals surface area contributed by atoms with Crippen LogP contribution in [0.15, 0.2) is 24.3 Å². The van der Waals surface area contributed by atoms with E-state index >= 15 is 0 Å². The van der Waals surface area contributed by atoms with Crippen molar-refractivity contribution in [1.82, 2.24) is 0 Å². The molecule has 0 aliphatic heterocycles. The number of rotatable bonds is 5. The Morgan fingerprint density at radius 3 is 2.73 bits per heavy atom. The van der Waals surface area contributed by atoms with Gasteiger partial charge in [0.1, 0.15) is 0 Å². The van der Waals surface area contributed by atoms with Crippen LogP contribution in [0.1, 0.15) is 26.7 Å². The van der Waals surface area contributed by atoms with E-state index in [1.165, 1.54) is 0 Å². The van der Waals surface area contributed by atoms with Crippen molar-refractivity contribution in [1.29, 1.82) is 0 Å². The zero-order chi connectivity index (χ0) is 8.69. The first-order valence-corrected chi connectivity index (χ1v) is 4.09. The predicted octanol–water partition coefficient (Wildman–Crippen LogP) is 2.53. The number of aliphatic hydroxyl groups is 1. The van der Waals surface area contributed by atoms with Gasteiger partial charge in [0.05, 0.1) is 0 Å². The first-order chi connectivity index (χ1) is 5.16. The van der Waals surface area contributed by atoms with Gasteiger partial charge in [-0.25, -0.2) is 0 Å². The van der Waals surface area contributed by atoms with Crippen LogP contribution in [-0.4, -0.2) is 11.7 Å². The fraction of sp³-hybridized carbons (Fsp3) is 0.600. The zero-order valence-electron chi connectivity index (χ0n) is 7.51. The molecule has 0 saturated heterocycles. The summed E-state index contributed by atoms with van der Waals surface area (Å²) in [5.41, 5.74) is 1.08. The molecule has 0 aliphatic carbocycles. The molecular formula is C10H18O. The van der Waals surface area contributed by atoms with Crippen molar-refractivity contribution in [3.05, 3.63) is 24.3 Å². The first kappa shape index (κ1) is 10.4. The summed E-state index contributed by atoms with van der Waals surface area (Å²) in [6, 6.07) is 0. The lowest BCUT2D eigenvalue weighted by atomic mass is 10.0. The van der Waals surface area contributed by atoms with E-state index in [1.807, 2.05) is 13.0 Å². The molecule has 0 radical (unpaired) electrons. The maximum absolute atomic E-state index is 8.60. The van der Waals surface area contributed by atoms with Gasteiger partial charge in [0, 0.05) is 6.61 Å². The van der Waals surface area contributed by atoms with Gasteiger partial charge in [-0.3, -0.25) is 0 Å². The molecule has 0 aromatic rings. The number of allylic oxidation sites excluding steroid dienone is 3. The van der Waals surface area contributed by atoms with Gasteiger partial charge in [-0.2, -0.15) is 0 Å². The highest BCUT2D eigenvalue weighted by Gasteiger charge is 1.96. The van der Waals surface area contributed by atoms with Crippen LogP contribution in [0.4, 0.5) is 0 Å². The topological polar surface area (TPSA) is 20.2 Å². The van der Waals surface area contributed by atoms with Crippen molar-refractivity contribution in [3.8, 4) is 0 Å². The normalized spacial score (nSPS) is 13.7. The number of hydrogen-bond donors (Lipinski definition) is 1. The van der Waals surface area contributed by atoms with E-state index in [-0.39, 0.29) is 0 Å². The molecule has 0 unspecified atom stereocenters. The molecule has 1 atom stereocenters. The Hall–Kier alpha value is -0.560. The molecule has 0 bridgehead atoms. The van der Waals surface area contributed by atoms with Crippen molar-refractivity contribution in [3.63, 3.8) is 0 Å². The average Bonchev–Trinajstić information content (AvgIpc) is 1.87. The van der Waals surface area contributed by atoms with Crippen LogP contribution in [-0.2, 0) is 0 Å². The summed E-state index contributed by atoms with van der Waals surface area (Å²) in [7, 11) is 0. The molecule has 0 rings (SSSR count). The highest BCUT2D eigenvalue weighted by molar-refractivity contribution is 5.10. The monoisotopic (exact) mass is 154 g/mol. The van der Waals surface area contributed by atoms with Crippen LogP contribution >= 0.6 is 0 Å². The van der Waals surface area contributed by atoms with Crippen LogP contribution in [0.5, 0.6) is 0 Å². The summed E-state index contributed by atoms with van der Waals surface area (Å²) in [5.74, 6) is 0.579. The fourth-order valence-electron chi connectivity index (χ4n) is 0.840. The molecule has 64 valence electrons. The van der Waals surface area contributed by atoms with Crippen LogP contribution in [0.2, 0.25) is 0 Å². The molecule has 0 spiro atoms. The van der Waals surface area contributed by atoms with Crippen molar-refractivity contribution in [2.45, 2.75) is 26.7 Å². The Morgan fingerprint density at radius 2 is 2.27 bits per heavy atom. The summed E-state index contributed by atoms with van der Waals surface area (Å²) in [6.45, 7) is 8.17. The summed E-state index contributed by atoms with van der Waals surface area (Å²) in [6.07, 6.45) is 6.06. The third-order valence-electron chi connectivity index (χ3n) is 1.56. The lowest BCUT2D eigenvalue weighted by Gasteiger charge is -2.04. The number of aliphatic hydroxyl groups excluding tert-OH is 1. The molecule has 0 amide bonds. The van der Waals surface area contributed by atoms with Crippen molar-refractivity contribution < 1.29 is 5.11 Å².